The van der Waals surface area contributed by atoms with Crippen LogP contribution in [-0.2, 0) is 5.41 Å². The molecule has 0 N–H and O–H groups in total. The molecule has 2 nitrogen and oxygen atoms in total. The minimum absolute atomic E-state index is 0.379. The van der Waals surface area contributed by atoms with Gasteiger partial charge in [0.25, 0.3) is 0 Å². The number of hydrogen-bond donors (Lipinski definition) is 0. The SMILES string of the molecule is C=CCN1CC[C@@]2(c3cccc(OC)c3)CCCC[C@H]2C1. The number of likely N-dealkylation sites (tertiary alicyclic amines) is 1. The average molecular weight is 285 g/mol. The van der Waals surface area contributed by atoms with Crippen molar-refractivity contribution in [1.29, 1.82) is 0 Å². The van der Waals surface area contributed by atoms with Gasteiger partial charge in [0.05, 0.1) is 7.11 Å². The number of benzene rings is 1. The second kappa shape index (κ2) is 6.23. The summed E-state index contributed by atoms with van der Waals surface area (Å²) in [5, 5.41) is 0. The summed E-state index contributed by atoms with van der Waals surface area (Å²) in [4.78, 5) is 2.57. The highest BCUT2D eigenvalue weighted by Gasteiger charge is 2.45. The Hall–Kier alpha value is -1.28. The van der Waals surface area contributed by atoms with Crippen LogP contribution in [0.4, 0.5) is 0 Å². The fraction of sp³-hybridized carbons (Fsp3) is 0.579. The van der Waals surface area contributed by atoms with Crippen molar-refractivity contribution in [3.05, 3.63) is 42.5 Å². The normalized spacial score (nSPS) is 29.7. The Morgan fingerprint density at radius 2 is 2.29 bits per heavy atom. The van der Waals surface area contributed by atoms with Gasteiger partial charge in [-0.05, 0) is 49.4 Å². The smallest absolute Gasteiger partial charge is 0.119 e. The highest BCUT2D eigenvalue weighted by Crippen LogP contribution is 2.49. The van der Waals surface area contributed by atoms with Gasteiger partial charge in [-0.15, -0.1) is 6.58 Å². The molecule has 0 bridgehead atoms. The number of ether oxygens (including phenoxy) is 1. The molecule has 1 saturated heterocycles. The molecule has 1 aliphatic heterocycles. The summed E-state index contributed by atoms with van der Waals surface area (Å²) in [5.74, 6) is 1.78. The van der Waals surface area contributed by atoms with E-state index >= 15 is 0 Å². The molecule has 114 valence electrons. The third-order valence-electron chi connectivity index (χ3n) is 5.59. The van der Waals surface area contributed by atoms with Gasteiger partial charge < -0.3 is 4.74 Å². The van der Waals surface area contributed by atoms with E-state index in [-0.39, 0.29) is 0 Å². The van der Waals surface area contributed by atoms with E-state index in [0.29, 0.717) is 5.41 Å². The van der Waals surface area contributed by atoms with Crippen LogP contribution in [-0.4, -0.2) is 31.6 Å². The van der Waals surface area contributed by atoms with Gasteiger partial charge in [0.15, 0.2) is 0 Å². The van der Waals surface area contributed by atoms with E-state index in [4.69, 9.17) is 4.74 Å². The summed E-state index contributed by atoms with van der Waals surface area (Å²) < 4.78 is 5.46. The fourth-order valence-corrected chi connectivity index (χ4v) is 4.47. The minimum Gasteiger partial charge on any atom is -0.497 e. The molecule has 2 atom stereocenters. The van der Waals surface area contributed by atoms with Crippen molar-refractivity contribution >= 4 is 0 Å². The van der Waals surface area contributed by atoms with E-state index in [0.717, 1.165) is 18.2 Å². The van der Waals surface area contributed by atoms with E-state index in [2.05, 4.69) is 35.7 Å². The molecular formula is C19H27NO. The molecule has 0 radical (unpaired) electrons. The summed E-state index contributed by atoms with van der Waals surface area (Å²) in [5.41, 5.74) is 1.88. The van der Waals surface area contributed by atoms with Crippen LogP contribution in [0.25, 0.3) is 0 Å². The summed E-state index contributed by atoms with van der Waals surface area (Å²) in [6.45, 7) is 7.35. The molecule has 1 heterocycles. The van der Waals surface area contributed by atoms with Crippen LogP contribution in [0.3, 0.4) is 0 Å². The minimum atomic E-state index is 0.379. The monoisotopic (exact) mass is 285 g/mol. The molecule has 2 fully saturated rings. The zero-order valence-corrected chi connectivity index (χ0v) is 13.2. The topological polar surface area (TPSA) is 12.5 Å². The number of rotatable bonds is 4. The van der Waals surface area contributed by atoms with Crippen molar-refractivity contribution < 1.29 is 4.74 Å². The summed E-state index contributed by atoms with van der Waals surface area (Å²) >= 11 is 0. The van der Waals surface area contributed by atoms with Crippen LogP contribution < -0.4 is 4.74 Å². The van der Waals surface area contributed by atoms with Crippen molar-refractivity contribution in [1.82, 2.24) is 4.90 Å². The zero-order chi connectivity index (χ0) is 14.7. The largest absolute Gasteiger partial charge is 0.497 e. The van der Waals surface area contributed by atoms with Crippen molar-refractivity contribution in [3.8, 4) is 5.75 Å². The predicted octanol–water partition coefficient (Wildman–Crippen LogP) is 4.01. The standard InChI is InChI=1S/C19H27NO/c1-3-12-20-13-11-19(10-5-4-7-17(19)15-20)16-8-6-9-18(14-16)21-2/h3,6,8-9,14,17H,1,4-5,7,10-13,15H2,2H3/t17-,19+/m0/s1. The van der Waals surface area contributed by atoms with E-state index in [1.54, 1.807) is 7.11 Å². The molecule has 0 aromatic heterocycles. The van der Waals surface area contributed by atoms with E-state index in [9.17, 15) is 0 Å². The lowest BCUT2D eigenvalue weighted by molar-refractivity contribution is 0.0627. The maximum atomic E-state index is 5.46. The number of nitrogens with zero attached hydrogens (tertiary/aromatic N) is 1. The number of fused-ring (bicyclic) bond motifs is 1. The van der Waals surface area contributed by atoms with Gasteiger partial charge in [-0.1, -0.05) is 31.1 Å². The Bertz CT molecular complexity index is 498. The van der Waals surface area contributed by atoms with Gasteiger partial charge in [0.1, 0.15) is 5.75 Å². The van der Waals surface area contributed by atoms with E-state index < -0.39 is 0 Å². The molecule has 0 unspecified atom stereocenters. The first-order chi connectivity index (χ1) is 10.3. The lowest BCUT2D eigenvalue weighted by Crippen LogP contribution is -2.51. The lowest BCUT2D eigenvalue weighted by Gasteiger charge is -2.51. The number of piperidine rings is 1. The first kappa shape index (κ1) is 14.6. The van der Waals surface area contributed by atoms with Crippen molar-refractivity contribution in [2.75, 3.05) is 26.7 Å². The predicted molar refractivity (Wildman–Crippen MR) is 87.9 cm³/mol. The van der Waals surface area contributed by atoms with Crippen LogP contribution in [0.1, 0.15) is 37.7 Å². The summed E-state index contributed by atoms with van der Waals surface area (Å²) in [7, 11) is 1.77. The lowest BCUT2D eigenvalue weighted by atomic mass is 9.59. The van der Waals surface area contributed by atoms with Crippen LogP contribution in [0.5, 0.6) is 5.75 Å². The molecule has 3 rings (SSSR count). The van der Waals surface area contributed by atoms with Gasteiger partial charge >= 0.3 is 0 Å². The Kier molecular flexibility index (Phi) is 4.34. The van der Waals surface area contributed by atoms with Crippen LogP contribution >= 0.6 is 0 Å². The maximum Gasteiger partial charge on any atom is 0.119 e. The number of methoxy groups -OCH3 is 1. The fourth-order valence-electron chi connectivity index (χ4n) is 4.47. The molecule has 1 aromatic carbocycles. The van der Waals surface area contributed by atoms with Gasteiger partial charge in [0, 0.05) is 18.5 Å². The van der Waals surface area contributed by atoms with Gasteiger partial charge in [-0.3, -0.25) is 4.90 Å². The van der Waals surface area contributed by atoms with Gasteiger partial charge in [-0.25, -0.2) is 0 Å². The third kappa shape index (κ3) is 2.74. The molecule has 0 amide bonds. The molecule has 21 heavy (non-hydrogen) atoms. The zero-order valence-electron chi connectivity index (χ0n) is 13.2. The average Bonchev–Trinajstić information content (AvgIpc) is 2.55. The molecule has 2 aliphatic rings. The maximum absolute atomic E-state index is 5.46. The molecule has 1 saturated carbocycles. The van der Waals surface area contributed by atoms with E-state index in [1.807, 2.05) is 6.08 Å². The highest BCUT2D eigenvalue weighted by molar-refractivity contribution is 5.35. The molecule has 0 spiro atoms. The highest BCUT2D eigenvalue weighted by atomic mass is 16.5. The summed E-state index contributed by atoms with van der Waals surface area (Å²) in [6.07, 6.45) is 8.78. The Morgan fingerprint density at radius 3 is 3.10 bits per heavy atom. The van der Waals surface area contributed by atoms with Crippen molar-refractivity contribution in [3.63, 3.8) is 0 Å². The summed E-state index contributed by atoms with van der Waals surface area (Å²) in [6, 6.07) is 8.82. The number of hydrogen-bond acceptors (Lipinski definition) is 2. The Morgan fingerprint density at radius 1 is 1.38 bits per heavy atom. The third-order valence-corrected chi connectivity index (χ3v) is 5.59. The molecule has 1 aliphatic carbocycles. The molecular weight excluding hydrogens is 258 g/mol. The van der Waals surface area contributed by atoms with Gasteiger partial charge in [-0.2, -0.15) is 0 Å². The van der Waals surface area contributed by atoms with Crippen molar-refractivity contribution in [2.24, 2.45) is 5.92 Å². The Balaban J connectivity index is 1.90. The van der Waals surface area contributed by atoms with Gasteiger partial charge in [0.2, 0.25) is 0 Å². The van der Waals surface area contributed by atoms with E-state index in [1.165, 1.54) is 50.8 Å². The van der Waals surface area contributed by atoms with Crippen LogP contribution in [0.15, 0.2) is 36.9 Å². The second-order valence-electron chi connectivity index (χ2n) is 6.63. The van der Waals surface area contributed by atoms with Crippen LogP contribution in [0.2, 0.25) is 0 Å². The molecule has 2 heteroatoms. The first-order valence-electron chi connectivity index (χ1n) is 8.26. The Labute approximate surface area is 128 Å². The molecule has 1 aromatic rings. The van der Waals surface area contributed by atoms with Crippen LogP contribution in [0, 0.1) is 5.92 Å². The first-order valence-corrected chi connectivity index (χ1v) is 8.26. The second-order valence-corrected chi connectivity index (χ2v) is 6.63. The van der Waals surface area contributed by atoms with Crippen molar-refractivity contribution in [2.45, 2.75) is 37.5 Å². The quantitative estimate of drug-likeness (QED) is 0.775.